The second-order valence-electron chi connectivity index (χ2n) is 3.07. The van der Waals surface area contributed by atoms with Crippen LogP contribution >= 0.6 is 23.1 Å². The summed E-state index contributed by atoms with van der Waals surface area (Å²) in [4.78, 5) is 25.1. The molecule has 0 saturated carbocycles. The Balaban J connectivity index is 2.18. The first-order valence-corrected chi connectivity index (χ1v) is 6.24. The van der Waals surface area contributed by atoms with E-state index in [1.807, 2.05) is 11.4 Å². The monoisotopic (exact) mass is 239 g/mol. The van der Waals surface area contributed by atoms with Crippen LogP contribution in [0.4, 0.5) is 0 Å². The Morgan fingerprint density at radius 2 is 2.40 bits per heavy atom. The first-order valence-electron chi connectivity index (χ1n) is 4.37. The molecule has 0 aromatic carbocycles. The molecule has 0 spiro atoms. The average molecular weight is 239 g/mol. The number of hydrogen-bond acceptors (Lipinski definition) is 4. The number of rotatable bonds is 2. The van der Waals surface area contributed by atoms with E-state index < -0.39 is 0 Å². The van der Waals surface area contributed by atoms with Crippen LogP contribution in [0.1, 0.15) is 9.67 Å². The van der Waals surface area contributed by atoms with Crippen molar-refractivity contribution in [2.75, 3.05) is 12.8 Å². The van der Waals surface area contributed by atoms with E-state index in [0.717, 1.165) is 5.03 Å². The highest BCUT2D eigenvalue weighted by molar-refractivity contribution is 8.04. The molecule has 0 radical (unpaired) electrons. The highest BCUT2D eigenvalue weighted by atomic mass is 32.2. The van der Waals surface area contributed by atoms with Crippen molar-refractivity contribution in [3.8, 4) is 0 Å². The third-order valence-electron chi connectivity index (χ3n) is 2.07. The number of amides is 1. The van der Waals surface area contributed by atoms with E-state index >= 15 is 0 Å². The number of allylic oxidation sites excluding steroid dienone is 1. The Labute approximate surface area is 95.8 Å². The van der Waals surface area contributed by atoms with Crippen LogP contribution < -0.4 is 0 Å². The maximum atomic E-state index is 11.7. The van der Waals surface area contributed by atoms with Gasteiger partial charge in [-0.05, 0) is 11.4 Å². The molecule has 1 aliphatic heterocycles. The Morgan fingerprint density at radius 1 is 1.60 bits per heavy atom. The Bertz CT molecular complexity index is 423. The average Bonchev–Trinajstić information content (AvgIpc) is 2.83. The predicted octanol–water partition coefficient (Wildman–Crippen LogP) is 1.98. The lowest BCUT2D eigenvalue weighted by Crippen LogP contribution is -2.19. The van der Waals surface area contributed by atoms with Crippen molar-refractivity contribution in [1.82, 2.24) is 4.90 Å². The molecule has 15 heavy (non-hydrogen) atoms. The third-order valence-corrected chi connectivity index (χ3v) is 4.03. The van der Waals surface area contributed by atoms with Crippen molar-refractivity contribution < 1.29 is 9.59 Å². The maximum absolute atomic E-state index is 11.7. The smallest absolute Gasteiger partial charge is 0.237 e. The fourth-order valence-electron chi connectivity index (χ4n) is 1.19. The quantitative estimate of drug-likeness (QED) is 0.585. The predicted molar refractivity (Wildman–Crippen MR) is 62.0 cm³/mol. The number of hydrogen-bond donors (Lipinski definition) is 0. The second-order valence-corrected chi connectivity index (χ2v) is 5.01. The summed E-state index contributed by atoms with van der Waals surface area (Å²) in [5, 5.41) is 2.60. The lowest BCUT2D eigenvalue weighted by molar-refractivity contribution is -0.124. The largest absolute Gasteiger partial charge is 0.309 e. The zero-order chi connectivity index (χ0) is 10.8. The molecule has 2 heterocycles. The fourth-order valence-corrected chi connectivity index (χ4v) is 2.78. The minimum Gasteiger partial charge on any atom is -0.309 e. The van der Waals surface area contributed by atoms with Gasteiger partial charge in [-0.15, -0.1) is 11.3 Å². The van der Waals surface area contributed by atoms with Crippen molar-refractivity contribution >= 4 is 34.8 Å². The van der Waals surface area contributed by atoms with Gasteiger partial charge in [0.2, 0.25) is 5.91 Å². The minimum absolute atomic E-state index is 0.0333. The van der Waals surface area contributed by atoms with E-state index in [0.29, 0.717) is 10.6 Å². The summed E-state index contributed by atoms with van der Waals surface area (Å²) < 4.78 is 0. The molecule has 1 aromatic heterocycles. The SMILES string of the molecule is CN1C(=O)CSC1=CC(=O)c1cccs1. The molecule has 3 nitrogen and oxygen atoms in total. The van der Waals surface area contributed by atoms with Crippen molar-refractivity contribution in [1.29, 1.82) is 0 Å². The number of nitrogens with zero attached hydrogens (tertiary/aromatic N) is 1. The van der Waals surface area contributed by atoms with Crippen LogP contribution in [0.5, 0.6) is 0 Å². The minimum atomic E-state index is -0.0333. The first kappa shape index (κ1) is 10.4. The van der Waals surface area contributed by atoms with Crippen LogP contribution in [0.25, 0.3) is 0 Å². The number of thiophene rings is 1. The summed E-state index contributed by atoms with van der Waals surface area (Å²) in [6, 6.07) is 3.62. The van der Waals surface area contributed by atoms with Gasteiger partial charge in [-0.2, -0.15) is 0 Å². The van der Waals surface area contributed by atoms with E-state index in [4.69, 9.17) is 0 Å². The molecular weight excluding hydrogens is 230 g/mol. The van der Waals surface area contributed by atoms with Gasteiger partial charge in [-0.25, -0.2) is 0 Å². The van der Waals surface area contributed by atoms with E-state index in [1.165, 1.54) is 34.1 Å². The van der Waals surface area contributed by atoms with Crippen molar-refractivity contribution in [3.63, 3.8) is 0 Å². The number of thioether (sulfide) groups is 1. The van der Waals surface area contributed by atoms with Crippen LogP contribution in [0.2, 0.25) is 0 Å². The Hall–Kier alpha value is -1.07. The normalized spacial score (nSPS) is 18.9. The maximum Gasteiger partial charge on any atom is 0.237 e. The summed E-state index contributed by atoms with van der Waals surface area (Å²) in [5.74, 6) is 0.444. The molecule has 1 aromatic rings. The van der Waals surface area contributed by atoms with Crippen molar-refractivity contribution in [3.05, 3.63) is 33.5 Å². The Kier molecular flexibility index (Phi) is 2.93. The summed E-state index contributed by atoms with van der Waals surface area (Å²) in [6.07, 6.45) is 1.53. The number of carbonyl (C=O) groups excluding carboxylic acids is 2. The Morgan fingerprint density at radius 3 is 2.93 bits per heavy atom. The van der Waals surface area contributed by atoms with E-state index in [1.54, 1.807) is 13.1 Å². The van der Waals surface area contributed by atoms with Gasteiger partial charge in [0.25, 0.3) is 0 Å². The van der Waals surface area contributed by atoms with Crippen LogP contribution in [0.3, 0.4) is 0 Å². The summed E-state index contributed by atoms with van der Waals surface area (Å²) >= 11 is 2.82. The van der Waals surface area contributed by atoms with Gasteiger partial charge in [-0.3, -0.25) is 9.59 Å². The zero-order valence-electron chi connectivity index (χ0n) is 8.10. The summed E-state index contributed by atoms with van der Waals surface area (Å²) in [5.41, 5.74) is 0. The molecule has 78 valence electrons. The van der Waals surface area contributed by atoms with E-state index in [9.17, 15) is 9.59 Å². The van der Waals surface area contributed by atoms with Crippen molar-refractivity contribution in [2.24, 2.45) is 0 Å². The number of ketones is 1. The topological polar surface area (TPSA) is 37.4 Å². The lowest BCUT2D eigenvalue weighted by atomic mass is 10.3. The summed E-state index contributed by atoms with van der Waals surface area (Å²) in [7, 11) is 1.69. The van der Waals surface area contributed by atoms with Gasteiger partial charge < -0.3 is 4.90 Å². The van der Waals surface area contributed by atoms with Gasteiger partial charge >= 0.3 is 0 Å². The fraction of sp³-hybridized carbons (Fsp3) is 0.200. The molecular formula is C10H9NO2S2. The lowest BCUT2D eigenvalue weighted by Gasteiger charge is -2.07. The molecule has 0 atom stereocenters. The molecule has 1 fully saturated rings. The molecule has 0 aliphatic carbocycles. The third kappa shape index (κ3) is 2.13. The van der Waals surface area contributed by atoms with Crippen LogP contribution in [-0.2, 0) is 4.79 Å². The van der Waals surface area contributed by atoms with Gasteiger partial charge in [0.1, 0.15) is 0 Å². The second kappa shape index (κ2) is 4.20. The van der Waals surface area contributed by atoms with Gasteiger partial charge in [0.15, 0.2) is 5.78 Å². The van der Waals surface area contributed by atoms with Crippen molar-refractivity contribution in [2.45, 2.75) is 0 Å². The highest BCUT2D eigenvalue weighted by Gasteiger charge is 2.23. The standard InChI is InChI=1S/C10H9NO2S2/c1-11-9(13)6-15-10(11)5-7(12)8-3-2-4-14-8/h2-5H,6H2,1H3. The van der Waals surface area contributed by atoms with Crippen LogP contribution in [0.15, 0.2) is 28.6 Å². The molecule has 0 bridgehead atoms. The highest BCUT2D eigenvalue weighted by Crippen LogP contribution is 2.27. The molecule has 0 unspecified atom stereocenters. The first-order chi connectivity index (χ1) is 7.18. The molecule has 1 aliphatic rings. The van der Waals surface area contributed by atoms with Gasteiger partial charge in [0, 0.05) is 13.1 Å². The molecule has 2 rings (SSSR count). The van der Waals surface area contributed by atoms with Crippen LogP contribution in [0, 0.1) is 0 Å². The molecule has 5 heteroatoms. The van der Waals surface area contributed by atoms with E-state index in [-0.39, 0.29) is 11.7 Å². The molecule has 1 amide bonds. The molecule has 0 N–H and O–H groups in total. The number of carbonyl (C=O) groups is 2. The van der Waals surface area contributed by atoms with Gasteiger partial charge in [0.05, 0.1) is 15.7 Å². The van der Waals surface area contributed by atoms with Gasteiger partial charge in [-0.1, -0.05) is 17.8 Å². The van der Waals surface area contributed by atoms with E-state index in [2.05, 4.69) is 0 Å². The molecule has 1 saturated heterocycles. The zero-order valence-corrected chi connectivity index (χ0v) is 9.73. The summed E-state index contributed by atoms with van der Waals surface area (Å²) in [6.45, 7) is 0. The van der Waals surface area contributed by atoms with Crippen LogP contribution in [-0.4, -0.2) is 29.4 Å².